The predicted molar refractivity (Wildman–Crippen MR) is 91.2 cm³/mol. The standard InChI is InChI=1S/C14H2N14/c1-19-8(5-17)10-23-12-21-9(7(3-15)4-16)22-13-25-11(27(6-18)20-2)26-14(24-10)28(12)13/h7-8H. The molecule has 1 unspecified atom stereocenters. The van der Waals surface area contributed by atoms with Crippen LogP contribution in [-0.4, -0.2) is 51.5 Å². The van der Waals surface area contributed by atoms with Gasteiger partial charge in [-0.3, -0.25) is 4.85 Å². The van der Waals surface area contributed by atoms with Gasteiger partial charge < -0.3 is 0 Å². The van der Waals surface area contributed by atoms with Crippen molar-refractivity contribution < 1.29 is 0 Å². The highest BCUT2D eigenvalue weighted by molar-refractivity contribution is 6.31. The summed E-state index contributed by atoms with van der Waals surface area (Å²) >= 11 is 0. The third-order valence-electron chi connectivity index (χ3n) is 3.25. The van der Waals surface area contributed by atoms with Gasteiger partial charge in [0, 0.05) is 0 Å². The number of rotatable bonds is 2. The smallest absolute Gasteiger partial charge is 0.288 e. The summed E-state index contributed by atoms with van der Waals surface area (Å²) in [5.41, 5.74) is 0. The average Bonchev–Trinajstić information content (AvgIpc) is 2.70. The van der Waals surface area contributed by atoms with E-state index < -0.39 is 12.0 Å². The largest absolute Gasteiger partial charge is 0.365 e. The highest BCUT2D eigenvalue weighted by atomic mass is 15.6. The van der Waals surface area contributed by atoms with E-state index in [1.54, 1.807) is 24.4 Å². The van der Waals surface area contributed by atoms with Crippen LogP contribution < -0.4 is 0 Å². The van der Waals surface area contributed by atoms with Crippen molar-refractivity contribution in [2.75, 3.05) is 0 Å². The predicted octanol–water partition coefficient (Wildman–Crippen LogP) is -0.358. The molecule has 3 aliphatic rings. The van der Waals surface area contributed by atoms with Gasteiger partial charge in [-0.1, -0.05) is 0 Å². The average molecular weight is 366 g/mol. The Morgan fingerprint density at radius 2 is 1.43 bits per heavy atom. The fourth-order valence-electron chi connectivity index (χ4n) is 2.05. The van der Waals surface area contributed by atoms with Gasteiger partial charge in [0.15, 0.2) is 17.8 Å². The van der Waals surface area contributed by atoms with Crippen LogP contribution in [0.15, 0.2) is 30.0 Å². The summed E-state index contributed by atoms with van der Waals surface area (Å²) in [6.07, 6.45) is 1.56. The molecule has 0 aromatic rings. The highest BCUT2D eigenvalue weighted by Gasteiger charge is 2.40. The number of amidine groups is 2. The van der Waals surface area contributed by atoms with Crippen molar-refractivity contribution in [3.05, 3.63) is 22.9 Å². The summed E-state index contributed by atoms with van der Waals surface area (Å²) in [5, 5.41) is 36.8. The molecule has 14 heteroatoms. The first kappa shape index (κ1) is 17.4. The molecule has 0 fully saturated rings. The molecule has 128 valence electrons. The van der Waals surface area contributed by atoms with Gasteiger partial charge in [-0.25, -0.2) is 11.5 Å². The van der Waals surface area contributed by atoms with Gasteiger partial charge in [0.1, 0.15) is 0 Å². The third-order valence-corrected chi connectivity index (χ3v) is 3.25. The molecule has 0 N–H and O–H groups in total. The van der Waals surface area contributed by atoms with E-state index in [0.717, 1.165) is 4.90 Å². The van der Waals surface area contributed by atoms with Crippen LogP contribution in [0.1, 0.15) is 0 Å². The number of aliphatic imine (C=N–C) groups is 6. The lowest BCUT2D eigenvalue weighted by molar-refractivity contribution is 0.737. The molecule has 0 aromatic carbocycles. The van der Waals surface area contributed by atoms with Crippen LogP contribution in [0.2, 0.25) is 0 Å². The minimum atomic E-state index is -1.36. The Kier molecular flexibility index (Phi) is 4.23. The summed E-state index contributed by atoms with van der Waals surface area (Å²) in [7, 11) is 0. The first-order chi connectivity index (χ1) is 13.6. The van der Waals surface area contributed by atoms with Gasteiger partial charge in [-0.05, 0) is 0 Å². The van der Waals surface area contributed by atoms with Gasteiger partial charge in [0.2, 0.25) is 23.7 Å². The summed E-state index contributed by atoms with van der Waals surface area (Å²) in [6.45, 7) is 14.1. The fraction of sp³-hybridized carbons (Fsp3) is 0.143. The minimum absolute atomic E-state index is 0.155. The van der Waals surface area contributed by atoms with E-state index in [-0.39, 0.29) is 35.5 Å². The second-order valence-corrected chi connectivity index (χ2v) is 4.79. The van der Waals surface area contributed by atoms with Crippen molar-refractivity contribution in [2.24, 2.45) is 35.9 Å². The summed E-state index contributed by atoms with van der Waals surface area (Å²) in [6, 6.07) is 3.77. The Labute approximate surface area is 156 Å². The number of hydrogen-bond acceptors (Lipinski definition) is 12. The molecular weight excluding hydrogens is 364 g/mol. The molecule has 1 atom stereocenters. The van der Waals surface area contributed by atoms with Crippen molar-refractivity contribution in [2.45, 2.75) is 6.04 Å². The molecule has 0 aromatic heterocycles. The minimum Gasteiger partial charge on any atom is -0.288 e. The van der Waals surface area contributed by atoms with Crippen molar-refractivity contribution >= 4 is 35.5 Å². The van der Waals surface area contributed by atoms with E-state index in [1.165, 1.54) is 0 Å². The van der Waals surface area contributed by atoms with Gasteiger partial charge in [0.25, 0.3) is 6.19 Å². The number of hydrogen-bond donors (Lipinski definition) is 0. The van der Waals surface area contributed by atoms with Crippen molar-refractivity contribution in [1.82, 2.24) is 9.91 Å². The molecule has 0 aliphatic carbocycles. The summed E-state index contributed by atoms with van der Waals surface area (Å²) in [4.78, 5) is 31.2. The van der Waals surface area contributed by atoms with Crippen LogP contribution in [0, 0.1) is 64.5 Å². The van der Waals surface area contributed by atoms with Crippen molar-refractivity contribution in [3.63, 3.8) is 0 Å². The van der Waals surface area contributed by atoms with Crippen LogP contribution in [0.4, 0.5) is 0 Å². The van der Waals surface area contributed by atoms with Crippen molar-refractivity contribution in [1.29, 1.82) is 21.0 Å². The monoisotopic (exact) mass is 366 g/mol. The fourth-order valence-corrected chi connectivity index (χ4v) is 2.05. The van der Waals surface area contributed by atoms with E-state index >= 15 is 0 Å². The zero-order valence-electron chi connectivity index (χ0n) is 13.4. The second-order valence-electron chi connectivity index (χ2n) is 4.79. The van der Waals surface area contributed by atoms with Crippen LogP contribution >= 0.6 is 0 Å². The number of guanidine groups is 4. The molecule has 3 heterocycles. The van der Waals surface area contributed by atoms with Crippen LogP contribution in [0.25, 0.3) is 9.80 Å². The lowest BCUT2D eigenvalue weighted by atomic mass is 10.2. The highest BCUT2D eigenvalue weighted by Crippen LogP contribution is 2.20. The molecular formula is C14H2N14. The molecule has 0 amide bonds. The number of nitriles is 4. The molecule has 0 radical (unpaired) electrons. The van der Waals surface area contributed by atoms with E-state index in [1.807, 2.05) is 0 Å². The van der Waals surface area contributed by atoms with Gasteiger partial charge >= 0.3 is 12.0 Å². The molecule has 0 saturated carbocycles. The second kappa shape index (κ2) is 6.82. The molecule has 0 bridgehead atoms. The Morgan fingerprint density at radius 3 is 2.00 bits per heavy atom. The Hall–Kier alpha value is -5.44. The summed E-state index contributed by atoms with van der Waals surface area (Å²) in [5.74, 6) is -2.70. The molecule has 28 heavy (non-hydrogen) atoms. The van der Waals surface area contributed by atoms with Gasteiger partial charge in [-0.2, -0.15) is 57.6 Å². The molecule has 14 nitrogen and oxygen atoms in total. The maximum atomic E-state index is 9.10. The maximum absolute atomic E-state index is 9.10. The summed E-state index contributed by atoms with van der Waals surface area (Å²) < 4.78 is 0. The third kappa shape index (κ3) is 2.64. The lowest BCUT2D eigenvalue weighted by Crippen LogP contribution is -2.50. The van der Waals surface area contributed by atoms with Crippen LogP contribution in [0.5, 0.6) is 0 Å². The normalized spacial score (nSPS) is 17.0. The molecule has 0 spiro atoms. The Balaban J connectivity index is 2.24. The zero-order valence-corrected chi connectivity index (χ0v) is 13.4. The first-order valence-corrected chi connectivity index (χ1v) is 7.04. The van der Waals surface area contributed by atoms with E-state index in [9.17, 15) is 0 Å². The lowest BCUT2D eigenvalue weighted by Gasteiger charge is -2.29. The number of nitrogens with zero attached hydrogens (tertiary/aromatic N) is 14. The van der Waals surface area contributed by atoms with Gasteiger partial charge in [0.05, 0.1) is 17.1 Å². The molecule has 3 aliphatic heterocycles. The molecule has 0 saturated heterocycles. The zero-order chi connectivity index (χ0) is 20.3. The first-order valence-electron chi connectivity index (χ1n) is 7.04. The van der Waals surface area contributed by atoms with E-state index in [4.69, 9.17) is 34.2 Å². The SMILES string of the molecule is [C-]#[N+]C(C#N)C1=NC2=NC(C(C#N)C#N)=NC3=NC(N(C#N)[N+]#[C-])=NC(=N1)N23. The Bertz CT molecular complexity index is 1010. The van der Waals surface area contributed by atoms with E-state index in [2.05, 4.69) is 39.8 Å². The Morgan fingerprint density at radius 1 is 0.821 bits per heavy atom. The van der Waals surface area contributed by atoms with E-state index in [0.29, 0.717) is 5.01 Å². The van der Waals surface area contributed by atoms with Crippen molar-refractivity contribution in [3.8, 4) is 24.4 Å². The van der Waals surface area contributed by atoms with Crippen LogP contribution in [0.3, 0.4) is 0 Å². The maximum Gasteiger partial charge on any atom is 0.365 e. The molecule has 3 rings (SSSR count). The topological polar surface area (TPSA) is 185 Å². The van der Waals surface area contributed by atoms with Gasteiger partial charge in [-0.15, -0.1) is 4.95 Å². The quantitative estimate of drug-likeness (QED) is 0.278. The van der Waals surface area contributed by atoms with Crippen LogP contribution in [-0.2, 0) is 0 Å².